The van der Waals surface area contributed by atoms with E-state index in [0.29, 0.717) is 12.1 Å². The van der Waals surface area contributed by atoms with Crippen molar-refractivity contribution >= 4 is 17.1 Å². The smallest absolute Gasteiger partial charge is 0.280 e. The molecule has 1 saturated heterocycles. The molecular weight excluding hydrogens is 327 g/mol. The third kappa shape index (κ3) is 2.58. The monoisotopic (exact) mass is 339 g/mol. The van der Waals surface area contributed by atoms with E-state index in [1.807, 2.05) is 6.42 Å². The van der Waals surface area contributed by atoms with Gasteiger partial charge >= 0.3 is 0 Å². The summed E-state index contributed by atoms with van der Waals surface area (Å²) in [6, 6.07) is 0. The molecule has 0 bridgehead atoms. The number of nitrogen functional groups attached to an aromatic ring is 1. The van der Waals surface area contributed by atoms with E-state index >= 15 is 0 Å². The maximum absolute atomic E-state index is 11.6. The normalized spacial score (nSPS) is 22.6. The fraction of sp³-hybridized carbons (Fsp3) is 0.400. The van der Waals surface area contributed by atoms with Crippen LogP contribution in [0.5, 0.6) is 0 Å². The molecule has 1 aliphatic heterocycles. The molecule has 1 aliphatic rings. The Labute approximate surface area is 133 Å². The van der Waals surface area contributed by atoms with E-state index in [1.165, 1.54) is 6.33 Å². The van der Waals surface area contributed by atoms with Crippen LogP contribution in [-0.4, -0.2) is 37.3 Å². The first-order chi connectivity index (χ1) is 8.69. The molecule has 9 heteroatoms. The Morgan fingerprint density at radius 2 is 2.47 bits per heavy atom. The second kappa shape index (κ2) is 5.66. The molecule has 0 aromatic carbocycles. The van der Waals surface area contributed by atoms with Crippen molar-refractivity contribution in [1.29, 1.82) is 0 Å². The minimum Gasteiger partial charge on any atom is -0.397 e. The van der Waals surface area contributed by atoms with Crippen molar-refractivity contribution in [3.8, 4) is 0 Å². The van der Waals surface area contributed by atoms with Gasteiger partial charge in [-0.15, -0.1) is 6.42 Å². The van der Waals surface area contributed by atoms with Crippen molar-refractivity contribution in [3.05, 3.63) is 23.1 Å². The molecule has 3 rings (SSSR count). The van der Waals surface area contributed by atoms with Crippen LogP contribution < -0.4 is 11.3 Å². The average Bonchev–Trinajstić information content (AvgIpc) is 2.93. The number of aliphatic hydroxyl groups excluding tert-OH is 1. The number of H-pyrrole nitrogens is 1. The van der Waals surface area contributed by atoms with Gasteiger partial charge in [-0.2, -0.15) is 4.98 Å². The molecule has 4 N–H and O–H groups in total. The topological polar surface area (TPSA) is 119 Å². The molecular formula is C10H12N5O3Y-. The molecule has 99 valence electrons. The van der Waals surface area contributed by atoms with E-state index in [-0.39, 0.29) is 68.7 Å². The Balaban J connectivity index is 0.00000133. The fourth-order valence-electron chi connectivity index (χ4n) is 2.03. The maximum Gasteiger partial charge on any atom is 0.280 e. The summed E-state index contributed by atoms with van der Waals surface area (Å²) >= 11 is 0. The average molecular weight is 339 g/mol. The Bertz CT molecular complexity index is 640. The summed E-state index contributed by atoms with van der Waals surface area (Å²) in [6.07, 6.45) is 3.36. The summed E-state index contributed by atoms with van der Waals surface area (Å²) in [4.78, 5) is 22.0. The molecule has 0 amide bonds. The standard InChI is InChI=1S/C10H12N5O3.Y/c11-10-13-8-7(9(17)14-10)12-4-15(8)6-2-1-5(3-16)18-6;/h1,4-6,16H,2-3H2,(H3,11,13,14,17);/q-1;/t5-,6+;/m0./s1. The van der Waals surface area contributed by atoms with E-state index < -0.39 is 0 Å². The van der Waals surface area contributed by atoms with Gasteiger partial charge in [-0.1, -0.05) is 0 Å². The summed E-state index contributed by atoms with van der Waals surface area (Å²) in [7, 11) is 0. The molecule has 2 atom stereocenters. The SMILES string of the molecule is Nc1nc2c(ncn2[C@H]2C[CH-][C@@H](CO)O2)c(=O)[nH]1.[Y]. The first-order valence-corrected chi connectivity index (χ1v) is 5.51. The van der Waals surface area contributed by atoms with Crippen molar-refractivity contribution in [2.45, 2.75) is 18.8 Å². The number of hydrogen-bond acceptors (Lipinski definition) is 6. The van der Waals surface area contributed by atoms with Gasteiger partial charge < -0.3 is 15.6 Å². The number of aromatic nitrogens is 4. The second-order valence-corrected chi connectivity index (χ2v) is 4.06. The summed E-state index contributed by atoms with van der Waals surface area (Å²) in [6.45, 7) is -0.0702. The number of hydrogen-bond donors (Lipinski definition) is 3. The predicted octanol–water partition coefficient (Wildman–Crippen LogP) is -0.817. The van der Waals surface area contributed by atoms with Crippen molar-refractivity contribution in [3.63, 3.8) is 0 Å². The molecule has 2 aromatic heterocycles. The number of aliphatic hydroxyl groups is 1. The van der Waals surface area contributed by atoms with Crippen molar-refractivity contribution in [2.24, 2.45) is 0 Å². The zero-order valence-corrected chi connectivity index (χ0v) is 12.8. The van der Waals surface area contributed by atoms with Gasteiger partial charge in [0.1, 0.15) is 6.23 Å². The van der Waals surface area contributed by atoms with Crippen LogP contribution in [0.25, 0.3) is 11.2 Å². The second-order valence-electron chi connectivity index (χ2n) is 4.06. The number of anilines is 1. The van der Waals surface area contributed by atoms with Crippen LogP contribution >= 0.6 is 0 Å². The molecule has 1 fully saturated rings. The van der Waals surface area contributed by atoms with E-state index in [1.54, 1.807) is 4.57 Å². The number of ether oxygens (including phenoxy) is 1. The van der Waals surface area contributed by atoms with Crippen LogP contribution in [0.2, 0.25) is 0 Å². The maximum atomic E-state index is 11.6. The fourth-order valence-corrected chi connectivity index (χ4v) is 2.03. The Morgan fingerprint density at radius 1 is 1.68 bits per heavy atom. The first kappa shape index (κ1) is 14.6. The van der Waals surface area contributed by atoms with E-state index in [4.69, 9.17) is 15.6 Å². The minimum absolute atomic E-state index is 0. The van der Waals surface area contributed by atoms with Gasteiger partial charge in [0.2, 0.25) is 5.95 Å². The number of nitrogens with two attached hydrogens (primary N) is 1. The van der Waals surface area contributed by atoms with Crippen LogP contribution in [0.4, 0.5) is 5.95 Å². The van der Waals surface area contributed by atoms with Gasteiger partial charge in [-0.25, -0.2) is 4.98 Å². The molecule has 2 aromatic rings. The van der Waals surface area contributed by atoms with Crippen LogP contribution in [0, 0.1) is 6.42 Å². The van der Waals surface area contributed by atoms with Crippen molar-refractivity contribution in [2.75, 3.05) is 12.3 Å². The first-order valence-electron chi connectivity index (χ1n) is 5.51. The summed E-state index contributed by atoms with van der Waals surface area (Å²) in [5.74, 6) is 0.0370. The van der Waals surface area contributed by atoms with Gasteiger partial charge in [-0.3, -0.25) is 20.8 Å². The van der Waals surface area contributed by atoms with Gasteiger partial charge in [0.05, 0.1) is 6.33 Å². The molecule has 1 radical (unpaired) electrons. The summed E-state index contributed by atoms with van der Waals surface area (Å²) in [5.41, 5.74) is 5.74. The largest absolute Gasteiger partial charge is 0.397 e. The summed E-state index contributed by atoms with van der Waals surface area (Å²) in [5, 5.41) is 9.01. The molecule has 0 spiro atoms. The van der Waals surface area contributed by atoms with E-state index in [0.717, 1.165) is 0 Å². The number of fused-ring (bicyclic) bond motifs is 1. The van der Waals surface area contributed by atoms with Gasteiger partial charge in [-0.05, 0) is 6.10 Å². The number of rotatable bonds is 2. The van der Waals surface area contributed by atoms with Crippen LogP contribution in [-0.2, 0) is 37.4 Å². The van der Waals surface area contributed by atoms with Crippen LogP contribution in [0.1, 0.15) is 12.6 Å². The molecule has 19 heavy (non-hydrogen) atoms. The summed E-state index contributed by atoms with van der Waals surface area (Å²) < 4.78 is 7.21. The quantitative estimate of drug-likeness (QED) is 0.616. The molecule has 3 heterocycles. The van der Waals surface area contributed by atoms with E-state index in [9.17, 15) is 4.79 Å². The van der Waals surface area contributed by atoms with Gasteiger partial charge in [0.15, 0.2) is 11.2 Å². The van der Waals surface area contributed by atoms with Crippen molar-refractivity contribution in [1.82, 2.24) is 19.5 Å². The minimum atomic E-state index is -0.378. The van der Waals surface area contributed by atoms with Crippen molar-refractivity contribution < 1.29 is 42.6 Å². The Morgan fingerprint density at radius 3 is 3.16 bits per heavy atom. The zero-order valence-electron chi connectivity index (χ0n) is 9.98. The van der Waals surface area contributed by atoms with Crippen LogP contribution in [0.15, 0.2) is 11.1 Å². The van der Waals surface area contributed by atoms with Crippen LogP contribution in [0.3, 0.4) is 0 Å². The third-order valence-corrected chi connectivity index (χ3v) is 2.87. The van der Waals surface area contributed by atoms with Gasteiger partial charge in [0.25, 0.3) is 5.56 Å². The Hall–Kier alpha value is -0.826. The molecule has 8 nitrogen and oxygen atoms in total. The van der Waals surface area contributed by atoms with Gasteiger partial charge in [0, 0.05) is 39.3 Å². The number of aromatic amines is 1. The molecule has 0 saturated carbocycles. The predicted molar refractivity (Wildman–Crippen MR) is 62.5 cm³/mol. The number of imidazole rings is 1. The third-order valence-electron chi connectivity index (χ3n) is 2.87. The Kier molecular flexibility index (Phi) is 4.34. The number of nitrogens with zero attached hydrogens (tertiary/aromatic N) is 3. The van der Waals surface area contributed by atoms with E-state index in [2.05, 4.69) is 15.0 Å². The number of nitrogens with one attached hydrogen (secondary N) is 1. The molecule has 0 unspecified atom stereocenters. The molecule has 0 aliphatic carbocycles. The zero-order chi connectivity index (χ0) is 12.7.